The number of halogens is 1. The number of hydrogen-bond acceptors (Lipinski definition) is 5. The van der Waals surface area contributed by atoms with E-state index < -0.39 is 4.92 Å². The Bertz CT molecular complexity index is 524. The van der Waals surface area contributed by atoms with Crippen molar-refractivity contribution in [2.45, 2.75) is 32.6 Å². The number of nitro groups is 1. The van der Waals surface area contributed by atoms with E-state index >= 15 is 0 Å². The Morgan fingerprint density at radius 2 is 2.14 bits per heavy atom. The van der Waals surface area contributed by atoms with Gasteiger partial charge in [0.15, 0.2) is 0 Å². The molecule has 1 aliphatic rings. The van der Waals surface area contributed by atoms with Crippen LogP contribution in [-0.2, 0) is 0 Å². The highest BCUT2D eigenvalue weighted by molar-refractivity contribution is 9.10. The zero-order chi connectivity index (χ0) is 15.4. The van der Waals surface area contributed by atoms with E-state index in [9.17, 15) is 10.1 Å². The minimum absolute atomic E-state index is 0.00766. The van der Waals surface area contributed by atoms with Crippen molar-refractivity contribution in [3.05, 3.63) is 26.3 Å². The SMILES string of the molecule is Cc1c([N+](=O)[O-])cnc(OCC2CCCCC2CN)c1Br. The van der Waals surface area contributed by atoms with Gasteiger partial charge in [0, 0.05) is 5.56 Å². The highest BCUT2D eigenvalue weighted by atomic mass is 79.9. The molecule has 6 nitrogen and oxygen atoms in total. The lowest BCUT2D eigenvalue weighted by Crippen LogP contribution is -2.30. The molecule has 1 heterocycles. The van der Waals surface area contributed by atoms with Gasteiger partial charge in [-0.2, -0.15) is 0 Å². The molecule has 0 bridgehead atoms. The summed E-state index contributed by atoms with van der Waals surface area (Å²) in [6, 6.07) is 0. The van der Waals surface area contributed by atoms with Crippen LogP contribution >= 0.6 is 15.9 Å². The Labute approximate surface area is 132 Å². The van der Waals surface area contributed by atoms with Crippen LogP contribution in [0.4, 0.5) is 5.69 Å². The molecular weight excluding hydrogens is 338 g/mol. The van der Waals surface area contributed by atoms with Gasteiger partial charge in [0.25, 0.3) is 5.69 Å². The first-order chi connectivity index (χ1) is 10.0. The molecule has 0 amide bonds. The predicted octanol–water partition coefficient (Wildman–Crippen LogP) is 3.20. The molecule has 0 saturated heterocycles. The number of rotatable bonds is 5. The molecule has 1 fully saturated rings. The van der Waals surface area contributed by atoms with Crippen molar-refractivity contribution >= 4 is 21.6 Å². The Morgan fingerprint density at radius 3 is 2.76 bits per heavy atom. The largest absolute Gasteiger partial charge is 0.477 e. The highest BCUT2D eigenvalue weighted by Gasteiger charge is 2.25. The van der Waals surface area contributed by atoms with Crippen molar-refractivity contribution in [1.82, 2.24) is 4.98 Å². The molecule has 0 radical (unpaired) electrons. The summed E-state index contributed by atoms with van der Waals surface area (Å²) in [5.74, 6) is 1.35. The third-order valence-electron chi connectivity index (χ3n) is 4.21. The maximum Gasteiger partial charge on any atom is 0.291 e. The van der Waals surface area contributed by atoms with Crippen LogP contribution in [0.3, 0.4) is 0 Å². The van der Waals surface area contributed by atoms with Crippen molar-refractivity contribution in [2.24, 2.45) is 17.6 Å². The second-order valence-electron chi connectivity index (χ2n) is 5.50. The first-order valence-corrected chi connectivity index (χ1v) is 7.96. The molecule has 0 aromatic carbocycles. The minimum atomic E-state index is -0.442. The number of nitrogens with zero attached hydrogens (tertiary/aromatic N) is 2. The normalized spacial score (nSPS) is 22.0. The van der Waals surface area contributed by atoms with Crippen molar-refractivity contribution in [3.8, 4) is 5.88 Å². The summed E-state index contributed by atoms with van der Waals surface area (Å²) in [5, 5.41) is 10.9. The lowest BCUT2D eigenvalue weighted by molar-refractivity contribution is -0.385. The third-order valence-corrected chi connectivity index (χ3v) is 5.14. The van der Waals surface area contributed by atoms with Gasteiger partial charge in [0.2, 0.25) is 5.88 Å². The summed E-state index contributed by atoms with van der Waals surface area (Å²) in [6.07, 6.45) is 5.95. The zero-order valence-corrected chi connectivity index (χ0v) is 13.6. The van der Waals surface area contributed by atoms with E-state index in [1.165, 1.54) is 19.0 Å². The molecule has 2 rings (SSSR count). The van der Waals surface area contributed by atoms with E-state index in [2.05, 4.69) is 20.9 Å². The van der Waals surface area contributed by atoms with E-state index in [1.54, 1.807) is 6.92 Å². The van der Waals surface area contributed by atoms with Gasteiger partial charge < -0.3 is 10.5 Å². The summed E-state index contributed by atoms with van der Waals surface area (Å²) in [7, 11) is 0. The molecule has 1 aromatic heterocycles. The number of hydrogen-bond donors (Lipinski definition) is 1. The van der Waals surface area contributed by atoms with Crippen molar-refractivity contribution in [1.29, 1.82) is 0 Å². The van der Waals surface area contributed by atoms with Crippen LogP contribution in [0.15, 0.2) is 10.7 Å². The fourth-order valence-electron chi connectivity index (χ4n) is 2.83. The first kappa shape index (κ1) is 16.2. The van der Waals surface area contributed by atoms with Crippen LogP contribution in [-0.4, -0.2) is 23.1 Å². The summed E-state index contributed by atoms with van der Waals surface area (Å²) in [4.78, 5) is 14.5. The lowest BCUT2D eigenvalue weighted by atomic mass is 9.80. The lowest BCUT2D eigenvalue weighted by Gasteiger charge is -2.30. The Kier molecular flexibility index (Phi) is 5.52. The molecular formula is C14H20BrN3O3. The number of pyridine rings is 1. The van der Waals surface area contributed by atoms with E-state index in [4.69, 9.17) is 10.5 Å². The maximum atomic E-state index is 10.9. The fraction of sp³-hybridized carbons (Fsp3) is 0.643. The third kappa shape index (κ3) is 3.71. The molecule has 116 valence electrons. The topological polar surface area (TPSA) is 91.3 Å². The number of ether oxygens (including phenoxy) is 1. The standard InChI is InChI=1S/C14H20BrN3O3/c1-9-12(18(19)20)7-17-14(13(9)15)21-8-11-5-3-2-4-10(11)6-16/h7,10-11H,2-6,8,16H2,1H3. The second-order valence-corrected chi connectivity index (χ2v) is 6.29. The second kappa shape index (κ2) is 7.17. The van der Waals surface area contributed by atoms with Crippen LogP contribution in [0, 0.1) is 28.9 Å². The fourth-order valence-corrected chi connectivity index (χ4v) is 3.25. The maximum absolute atomic E-state index is 10.9. The number of nitrogens with two attached hydrogens (primary N) is 1. The Balaban J connectivity index is 2.06. The summed E-state index contributed by atoms with van der Waals surface area (Å²) in [6.45, 7) is 2.92. The molecule has 21 heavy (non-hydrogen) atoms. The van der Waals surface area contributed by atoms with Crippen LogP contribution in [0.1, 0.15) is 31.2 Å². The number of aromatic nitrogens is 1. The first-order valence-electron chi connectivity index (χ1n) is 7.17. The molecule has 2 N–H and O–H groups in total. The van der Waals surface area contributed by atoms with Gasteiger partial charge >= 0.3 is 0 Å². The van der Waals surface area contributed by atoms with Gasteiger partial charge in [-0.15, -0.1) is 0 Å². The van der Waals surface area contributed by atoms with Gasteiger partial charge in [-0.3, -0.25) is 10.1 Å². The monoisotopic (exact) mass is 357 g/mol. The van der Waals surface area contributed by atoms with Crippen LogP contribution < -0.4 is 10.5 Å². The summed E-state index contributed by atoms with van der Waals surface area (Å²) >= 11 is 3.34. The minimum Gasteiger partial charge on any atom is -0.477 e. The average molecular weight is 358 g/mol. The zero-order valence-electron chi connectivity index (χ0n) is 12.0. The highest BCUT2D eigenvalue weighted by Crippen LogP contribution is 2.34. The van der Waals surface area contributed by atoms with Crippen molar-refractivity contribution in [3.63, 3.8) is 0 Å². The molecule has 1 aliphatic carbocycles. The molecule has 1 aromatic rings. The summed E-state index contributed by atoms with van der Waals surface area (Å²) < 4.78 is 6.34. The predicted molar refractivity (Wildman–Crippen MR) is 83.3 cm³/mol. The molecule has 0 spiro atoms. The van der Waals surface area contributed by atoms with Crippen molar-refractivity contribution in [2.75, 3.05) is 13.2 Å². The molecule has 2 atom stereocenters. The van der Waals surface area contributed by atoms with Gasteiger partial charge in [0.05, 0.1) is 16.0 Å². The van der Waals surface area contributed by atoms with Crippen LogP contribution in [0.5, 0.6) is 5.88 Å². The van der Waals surface area contributed by atoms with Gasteiger partial charge in [-0.25, -0.2) is 4.98 Å². The smallest absolute Gasteiger partial charge is 0.291 e. The van der Waals surface area contributed by atoms with Crippen LogP contribution in [0.2, 0.25) is 0 Å². The van der Waals surface area contributed by atoms with Gasteiger partial charge in [-0.1, -0.05) is 12.8 Å². The Hall–Kier alpha value is -1.21. The molecule has 2 unspecified atom stereocenters. The Morgan fingerprint density at radius 1 is 1.48 bits per heavy atom. The summed E-state index contributed by atoms with van der Waals surface area (Å²) in [5.41, 5.74) is 6.34. The molecule has 7 heteroatoms. The average Bonchev–Trinajstić information content (AvgIpc) is 2.48. The molecule has 1 saturated carbocycles. The van der Waals surface area contributed by atoms with Gasteiger partial charge in [0.1, 0.15) is 6.20 Å². The van der Waals surface area contributed by atoms with E-state index in [-0.39, 0.29) is 5.69 Å². The van der Waals surface area contributed by atoms with E-state index in [0.717, 1.165) is 12.8 Å². The quantitative estimate of drug-likeness (QED) is 0.645. The van der Waals surface area contributed by atoms with Crippen molar-refractivity contribution < 1.29 is 9.66 Å². The molecule has 0 aliphatic heterocycles. The van der Waals surface area contributed by atoms with Gasteiger partial charge in [-0.05, 0) is 54.1 Å². The van der Waals surface area contributed by atoms with Crippen LogP contribution in [0.25, 0.3) is 0 Å². The van der Waals surface area contributed by atoms with E-state index in [1.807, 2.05) is 0 Å². The van der Waals surface area contributed by atoms with E-state index in [0.29, 0.717) is 40.9 Å².